The number of rotatable bonds is 3. The van der Waals surface area contributed by atoms with E-state index < -0.39 is 6.04 Å². The van der Waals surface area contributed by atoms with Crippen LogP contribution in [0.5, 0.6) is 0 Å². The van der Waals surface area contributed by atoms with Gasteiger partial charge < -0.3 is 5.73 Å². The zero-order valence-corrected chi connectivity index (χ0v) is 11.7. The first-order valence-corrected chi connectivity index (χ1v) is 6.37. The molecule has 0 amide bonds. The molecule has 0 spiro atoms. The van der Waals surface area contributed by atoms with Gasteiger partial charge in [0.05, 0.1) is 33.7 Å². The van der Waals surface area contributed by atoms with Crippen LogP contribution in [0.15, 0.2) is 24.5 Å². The van der Waals surface area contributed by atoms with Crippen LogP contribution in [0.2, 0.25) is 10.0 Å². The summed E-state index contributed by atoms with van der Waals surface area (Å²) in [6.45, 7) is 4.03. The van der Waals surface area contributed by atoms with Crippen LogP contribution in [0.1, 0.15) is 37.3 Å². The van der Waals surface area contributed by atoms with Crippen molar-refractivity contribution in [3.05, 3.63) is 46.0 Å². The Bertz CT molecular complexity index is 551. The van der Waals surface area contributed by atoms with E-state index in [1.165, 1.54) is 0 Å². The molecule has 2 aromatic heterocycles. The van der Waals surface area contributed by atoms with Crippen LogP contribution in [0, 0.1) is 0 Å². The van der Waals surface area contributed by atoms with Gasteiger partial charge in [-0.3, -0.25) is 9.67 Å². The van der Waals surface area contributed by atoms with Crippen LogP contribution in [-0.2, 0) is 0 Å². The quantitative estimate of drug-likeness (QED) is 0.942. The van der Waals surface area contributed by atoms with Crippen LogP contribution in [0.25, 0.3) is 0 Å². The molecule has 0 radical (unpaired) electrons. The summed E-state index contributed by atoms with van der Waals surface area (Å²) in [6.07, 6.45) is 3.25. The van der Waals surface area contributed by atoms with Crippen LogP contribution in [0.3, 0.4) is 0 Å². The Morgan fingerprint density at radius 1 is 1.28 bits per heavy atom. The Hall–Kier alpha value is -1.10. The van der Waals surface area contributed by atoms with E-state index in [-0.39, 0.29) is 6.04 Å². The van der Waals surface area contributed by atoms with Gasteiger partial charge in [-0.2, -0.15) is 5.10 Å². The Labute approximate surface area is 116 Å². The maximum Gasteiger partial charge on any atom is 0.0927 e. The van der Waals surface area contributed by atoms with Crippen molar-refractivity contribution >= 4 is 23.2 Å². The second kappa shape index (κ2) is 5.26. The lowest BCUT2D eigenvalue weighted by atomic mass is 10.1. The predicted octanol–water partition coefficient (Wildman–Crippen LogP) is 3.21. The van der Waals surface area contributed by atoms with E-state index in [0.717, 1.165) is 5.69 Å². The Kier molecular flexibility index (Phi) is 3.90. The summed E-state index contributed by atoms with van der Waals surface area (Å²) in [5, 5.41) is 5.28. The van der Waals surface area contributed by atoms with Gasteiger partial charge >= 0.3 is 0 Å². The highest BCUT2D eigenvalue weighted by molar-refractivity contribution is 6.32. The highest BCUT2D eigenvalue weighted by atomic mass is 35.5. The molecule has 1 unspecified atom stereocenters. The summed E-state index contributed by atoms with van der Waals surface area (Å²) < 4.78 is 1.79. The largest absolute Gasteiger partial charge is 0.318 e. The number of aromatic nitrogens is 3. The Morgan fingerprint density at radius 2 is 2.00 bits per heavy atom. The third-order valence-corrected chi connectivity index (χ3v) is 3.26. The van der Waals surface area contributed by atoms with E-state index in [0.29, 0.717) is 15.7 Å². The van der Waals surface area contributed by atoms with Gasteiger partial charge in [0.2, 0.25) is 0 Å². The lowest BCUT2D eigenvalue weighted by Crippen LogP contribution is -2.20. The predicted molar refractivity (Wildman–Crippen MR) is 72.9 cm³/mol. The lowest BCUT2D eigenvalue weighted by Gasteiger charge is -2.17. The van der Waals surface area contributed by atoms with Crippen LogP contribution >= 0.6 is 23.2 Å². The lowest BCUT2D eigenvalue weighted by molar-refractivity contribution is 0.497. The second-order valence-electron chi connectivity index (χ2n) is 4.26. The summed E-state index contributed by atoms with van der Waals surface area (Å²) in [7, 11) is 0. The summed E-state index contributed by atoms with van der Waals surface area (Å²) in [5.74, 6) is 0. The molecule has 0 aliphatic carbocycles. The fourth-order valence-electron chi connectivity index (χ4n) is 1.81. The molecule has 0 saturated heterocycles. The number of halogens is 2. The number of pyridine rings is 1. The molecule has 6 heteroatoms. The molecule has 1 atom stereocenters. The number of nitrogens with zero attached hydrogens (tertiary/aromatic N) is 3. The van der Waals surface area contributed by atoms with Gasteiger partial charge in [0.1, 0.15) is 0 Å². The minimum Gasteiger partial charge on any atom is -0.318 e. The van der Waals surface area contributed by atoms with Gasteiger partial charge in [-0.15, -0.1) is 0 Å². The van der Waals surface area contributed by atoms with Crippen LogP contribution < -0.4 is 5.73 Å². The number of hydrogen-bond acceptors (Lipinski definition) is 3. The van der Waals surface area contributed by atoms with E-state index in [9.17, 15) is 0 Å². The Morgan fingerprint density at radius 3 is 2.61 bits per heavy atom. The monoisotopic (exact) mass is 284 g/mol. The summed E-state index contributed by atoms with van der Waals surface area (Å²) in [6, 6.07) is 3.20. The third kappa shape index (κ3) is 2.36. The fourth-order valence-corrected chi connectivity index (χ4v) is 2.30. The molecule has 2 aromatic rings. The topological polar surface area (TPSA) is 56.7 Å². The molecule has 0 fully saturated rings. The molecule has 2 heterocycles. The third-order valence-electron chi connectivity index (χ3n) is 2.65. The molecule has 18 heavy (non-hydrogen) atoms. The van der Waals surface area contributed by atoms with Crippen LogP contribution in [0.4, 0.5) is 0 Å². The van der Waals surface area contributed by atoms with Crippen molar-refractivity contribution in [2.45, 2.75) is 25.9 Å². The van der Waals surface area contributed by atoms with Crippen molar-refractivity contribution in [2.24, 2.45) is 5.73 Å². The second-order valence-corrected chi connectivity index (χ2v) is 5.08. The first-order valence-electron chi connectivity index (χ1n) is 5.61. The van der Waals surface area contributed by atoms with E-state index in [1.807, 2.05) is 13.8 Å². The molecule has 0 aromatic carbocycles. The molecule has 2 N–H and O–H groups in total. The molecule has 2 rings (SSSR count). The smallest absolute Gasteiger partial charge is 0.0927 e. The van der Waals surface area contributed by atoms with Gasteiger partial charge in [-0.25, -0.2) is 0 Å². The number of nitrogens with two attached hydrogens (primary N) is 1. The van der Waals surface area contributed by atoms with Gasteiger partial charge in [-0.05, 0) is 26.0 Å². The van der Waals surface area contributed by atoms with Crippen molar-refractivity contribution in [1.82, 2.24) is 14.8 Å². The molecule has 0 bridgehead atoms. The molecule has 96 valence electrons. The zero-order chi connectivity index (χ0) is 13.3. The normalized spacial score (nSPS) is 13.0. The summed E-state index contributed by atoms with van der Waals surface area (Å²) >= 11 is 12.3. The van der Waals surface area contributed by atoms with Crippen molar-refractivity contribution in [3.8, 4) is 0 Å². The minimum atomic E-state index is -0.490. The molecule has 0 aliphatic heterocycles. The highest BCUT2D eigenvalue weighted by Crippen LogP contribution is 2.30. The molecule has 0 saturated carbocycles. The minimum absolute atomic E-state index is 0.168. The van der Waals surface area contributed by atoms with E-state index in [2.05, 4.69) is 10.1 Å². The van der Waals surface area contributed by atoms with Crippen molar-refractivity contribution in [1.29, 1.82) is 0 Å². The van der Waals surface area contributed by atoms with Gasteiger partial charge in [0.15, 0.2) is 0 Å². The number of hydrogen-bond donors (Lipinski definition) is 1. The first-order chi connectivity index (χ1) is 8.52. The van der Waals surface area contributed by atoms with E-state index >= 15 is 0 Å². The average molecular weight is 285 g/mol. The summed E-state index contributed by atoms with van der Waals surface area (Å²) in [4.78, 5) is 4.22. The molecular weight excluding hydrogens is 271 g/mol. The standard InChI is InChI=1S/C12H14Cl2N4/c1-7(2)18-12(9(14)6-17-18)10(15)11-8(13)4-3-5-16-11/h3-7,10H,15H2,1-2H3. The summed E-state index contributed by atoms with van der Waals surface area (Å²) in [5.41, 5.74) is 7.54. The van der Waals surface area contributed by atoms with Crippen molar-refractivity contribution in [3.63, 3.8) is 0 Å². The van der Waals surface area contributed by atoms with Crippen molar-refractivity contribution < 1.29 is 0 Å². The fraction of sp³-hybridized carbons (Fsp3) is 0.333. The van der Waals surface area contributed by atoms with Crippen molar-refractivity contribution in [2.75, 3.05) is 0 Å². The molecule has 0 aliphatic rings. The SMILES string of the molecule is CC(C)n1ncc(Cl)c1C(N)c1ncccc1Cl. The zero-order valence-electron chi connectivity index (χ0n) is 10.1. The maximum absolute atomic E-state index is 6.21. The first kappa shape index (κ1) is 13.3. The van der Waals surface area contributed by atoms with Gasteiger partial charge in [-0.1, -0.05) is 23.2 Å². The molecular formula is C12H14Cl2N4. The molecule has 4 nitrogen and oxygen atoms in total. The average Bonchev–Trinajstić information content (AvgIpc) is 2.71. The maximum atomic E-state index is 6.21. The van der Waals surface area contributed by atoms with Gasteiger partial charge in [0, 0.05) is 12.2 Å². The highest BCUT2D eigenvalue weighted by Gasteiger charge is 2.22. The van der Waals surface area contributed by atoms with Crippen LogP contribution in [-0.4, -0.2) is 14.8 Å². The van der Waals surface area contributed by atoms with E-state index in [1.54, 1.807) is 29.2 Å². The van der Waals surface area contributed by atoms with E-state index in [4.69, 9.17) is 28.9 Å². The van der Waals surface area contributed by atoms with Gasteiger partial charge in [0.25, 0.3) is 0 Å². The Balaban J connectivity index is 2.49.